The Hall–Kier alpha value is -1.14. The number of nitrogens with zero attached hydrogens (tertiary/aromatic N) is 2. The molecule has 5 nitrogen and oxygen atoms in total. The molecule has 3 atom stereocenters. The van der Waals surface area contributed by atoms with Crippen molar-refractivity contribution < 1.29 is 9.64 Å². The molecule has 3 rings (SSSR count). The molecule has 0 aromatic carbocycles. The van der Waals surface area contributed by atoms with Crippen LogP contribution >= 0.6 is 23.2 Å². The van der Waals surface area contributed by atoms with E-state index in [0.717, 1.165) is 24.3 Å². The molecule has 2 aromatic rings. The summed E-state index contributed by atoms with van der Waals surface area (Å²) in [6.45, 7) is 8.45. The van der Waals surface area contributed by atoms with Gasteiger partial charge in [0.15, 0.2) is 5.65 Å². The number of nitrogens with one attached hydrogen (secondary N) is 1. The van der Waals surface area contributed by atoms with Crippen LogP contribution in [0, 0.1) is 6.92 Å². The molecule has 0 spiro atoms. The Morgan fingerprint density at radius 2 is 2.00 bits per heavy atom. The van der Waals surface area contributed by atoms with Crippen LogP contribution in [-0.2, 0) is 11.3 Å². The average Bonchev–Trinajstić information content (AvgIpc) is 2.45. The molecule has 7 heteroatoms. The van der Waals surface area contributed by atoms with Gasteiger partial charge in [-0.3, -0.25) is 9.20 Å². The average molecular weight is 357 g/mol. The molecular weight excluding hydrogens is 337 g/mol. The molecule has 3 heterocycles. The minimum atomic E-state index is -0.164. The highest BCUT2D eigenvalue weighted by Crippen LogP contribution is 2.26. The van der Waals surface area contributed by atoms with E-state index in [1.54, 1.807) is 12.3 Å². The van der Waals surface area contributed by atoms with Gasteiger partial charge in [-0.15, -0.1) is 0 Å². The Kier molecular flexibility index (Phi) is 4.65. The van der Waals surface area contributed by atoms with Crippen molar-refractivity contribution in [3.05, 3.63) is 43.9 Å². The number of hydrogen-bond acceptors (Lipinski definition) is 3. The maximum atomic E-state index is 12.4. The van der Waals surface area contributed by atoms with E-state index in [1.807, 2.05) is 6.92 Å². The number of hydrogen-bond donors (Lipinski definition) is 1. The molecular formula is C16H20Cl2N3O2+. The van der Waals surface area contributed by atoms with E-state index in [9.17, 15) is 4.79 Å². The number of morpholine rings is 1. The molecule has 1 N–H and O–H groups in total. The first-order valence-electron chi connectivity index (χ1n) is 7.71. The van der Waals surface area contributed by atoms with Crippen molar-refractivity contribution in [1.29, 1.82) is 0 Å². The van der Waals surface area contributed by atoms with Gasteiger partial charge in [0.1, 0.15) is 37.5 Å². The molecule has 1 aliphatic rings. The number of fused-ring (bicyclic) bond motifs is 1. The first-order valence-corrected chi connectivity index (χ1v) is 8.46. The number of ether oxygens (including phenoxy) is 1. The van der Waals surface area contributed by atoms with Crippen LogP contribution in [-0.4, -0.2) is 34.7 Å². The van der Waals surface area contributed by atoms with E-state index in [1.165, 1.54) is 9.30 Å². The van der Waals surface area contributed by atoms with Gasteiger partial charge in [0.25, 0.3) is 5.56 Å². The summed E-state index contributed by atoms with van der Waals surface area (Å²) in [7, 11) is 0. The molecule has 1 fully saturated rings. The third kappa shape index (κ3) is 3.38. The lowest BCUT2D eigenvalue weighted by atomic mass is 10.2. The zero-order valence-corrected chi connectivity index (χ0v) is 14.9. The molecule has 0 bridgehead atoms. The zero-order chi connectivity index (χ0) is 16.7. The highest BCUT2D eigenvalue weighted by molar-refractivity contribution is 6.37. The Morgan fingerprint density at radius 1 is 1.35 bits per heavy atom. The molecule has 0 saturated carbocycles. The van der Waals surface area contributed by atoms with Gasteiger partial charge in [0, 0.05) is 12.3 Å². The monoisotopic (exact) mass is 356 g/mol. The van der Waals surface area contributed by atoms with Gasteiger partial charge < -0.3 is 9.64 Å². The highest BCUT2D eigenvalue weighted by Gasteiger charge is 2.26. The van der Waals surface area contributed by atoms with E-state index in [2.05, 4.69) is 18.8 Å². The topological polar surface area (TPSA) is 48.0 Å². The van der Waals surface area contributed by atoms with E-state index < -0.39 is 0 Å². The fraction of sp³-hybridized carbons (Fsp3) is 0.500. The Bertz CT molecular complexity index is 796. The van der Waals surface area contributed by atoms with Crippen molar-refractivity contribution in [2.24, 2.45) is 0 Å². The second-order valence-electron chi connectivity index (χ2n) is 6.29. The largest absolute Gasteiger partial charge is 0.364 e. The summed E-state index contributed by atoms with van der Waals surface area (Å²) in [6.07, 6.45) is 1.99. The number of rotatable bonds is 2. The maximum Gasteiger partial charge on any atom is 0.258 e. The Labute approximate surface area is 144 Å². The van der Waals surface area contributed by atoms with Crippen LogP contribution in [0.3, 0.4) is 0 Å². The van der Waals surface area contributed by atoms with Gasteiger partial charge in [-0.1, -0.05) is 23.2 Å². The van der Waals surface area contributed by atoms with E-state index in [4.69, 9.17) is 27.9 Å². The van der Waals surface area contributed by atoms with Crippen LogP contribution in [0.5, 0.6) is 0 Å². The van der Waals surface area contributed by atoms with Crippen LogP contribution in [0.25, 0.3) is 5.65 Å². The minimum Gasteiger partial charge on any atom is -0.364 e. The summed E-state index contributed by atoms with van der Waals surface area (Å²) in [5.41, 5.74) is 1.78. The number of halogens is 2. The number of pyridine rings is 1. The smallest absolute Gasteiger partial charge is 0.258 e. The van der Waals surface area contributed by atoms with Gasteiger partial charge >= 0.3 is 0 Å². The van der Waals surface area contributed by atoms with Crippen LogP contribution < -0.4 is 10.5 Å². The normalized spacial score (nSPS) is 25.0. The van der Waals surface area contributed by atoms with Gasteiger partial charge in [0.05, 0.1) is 10.0 Å². The van der Waals surface area contributed by atoms with Crippen molar-refractivity contribution in [3.63, 3.8) is 0 Å². The van der Waals surface area contributed by atoms with Crippen LogP contribution in [0.15, 0.2) is 17.1 Å². The standard InChI is InChI=1S/C16H19Cl2N3O2/c1-9-5-20(6-10(2)23-9)7-12-4-14(22)21-8-13(17)11(3)15(18)16(21)19-12/h4,8-10H,5-7H2,1-3H3/p+1/t9-,10+. The third-order valence-electron chi connectivity index (χ3n) is 4.18. The maximum absolute atomic E-state index is 12.4. The van der Waals surface area contributed by atoms with Crippen molar-refractivity contribution in [2.45, 2.75) is 39.5 Å². The minimum absolute atomic E-state index is 0.164. The van der Waals surface area contributed by atoms with Gasteiger partial charge in [-0.25, -0.2) is 4.98 Å². The summed E-state index contributed by atoms with van der Waals surface area (Å²) in [5, 5.41) is 0.885. The second kappa shape index (κ2) is 6.40. The third-order valence-corrected chi connectivity index (χ3v) is 5.01. The summed E-state index contributed by atoms with van der Waals surface area (Å²) >= 11 is 12.4. The predicted molar refractivity (Wildman–Crippen MR) is 90.6 cm³/mol. The lowest BCUT2D eigenvalue weighted by molar-refractivity contribution is -0.928. The van der Waals surface area contributed by atoms with Gasteiger partial charge in [0.2, 0.25) is 0 Å². The number of aromatic nitrogens is 2. The van der Waals surface area contributed by atoms with Crippen molar-refractivity contribution >= 4 is 28.8 Å². The quantitative estimate of drug-likeness (QED) is 0.886. The SMILES string of the molecule is Cc1c(Cl)cn2c(=O)cc(C[NH+]3C[C@@H](C)O[C@@H](C)C3)nc2c1Cl. The first kappa shape index (κ1) is 16.7. The summed E-state index contributed by atoms with van der Waals surface area (Å²) in [4.78, 5) is 18.3. The molecule has 2 aromatic heterocycles. The van der Waals surface area contributed by atoms with Crippen LogP contribution in [0.1, 0.15) is 25.1 Å². The Balaban J connectivity index is 1.98. The summed E-state index contributed by atoms with van der Waals surface area (Å²) in [6, 6.07) is 1.56. The molecule has 0 aliphatic carbocycles. The number of quaternary nitrogens is 1. The van der Waals surface area contributed by atoms with Gasteiger partial charge in [-0.2, -0.15) is 0 Å². The van der Waals surface area contributed by atoms with E-state index in [-0.39, 0.29) is 17.8 Å². The molecule has 1 aliphatic heterocycles. The van der Waals surface area contributed by atoms with Crippen molar-refractivity contribution in [2.75, 3.05) is 13.1 Å². The molecule has 1 saturated heterocycles. The van der Waals surface area contributed by atoms with Crippen LogP contribution in [0.2, 0.25) is 10.0 Å². The van der Waals surface area contributed by atoms with E-state index >= 15 is 0 Å². The lowest BCUT2D eigenvalue weighted by Gasteiger charge is -2.32. The van der Waals surface area contributed by atoms with Gasteiger partial charge in [-0.05, 0) is 26.3 Å². The fourth-order valence-electron chi connectivity index (χ4n) is 3.18. The molecule has 0 radical (unpaired) electrons. The summed E-state index contributed by atoms with van der Waals surface area (Å²) in [5.74, 6) is 0. The van der Waals surface area contributed by atoms with Crippen molar-refractivity contribution in [3.8, 4) is 0 Å². The lowest BCUT2D eigenvalue weighted by Crippen LogP contribution is -3.14. The predicted octanol–water partition coefficient (Wildman–Crippen LogP) is 1.50. The Morgan fingerprint density at radius 3 is 2.65 bits per heavy atom. The molecule has 23 heavy (non-hydrogen) atoms. The van der Waals surface area contributed by atoms with Crippen LogP contribution in [0.4, 0.5) is 0 Å². The molecule has 124 valence electrons. The van der Waals surface area contributed by atoms with E-state index in [0.29, 0.717) is 22.2 Å². The van der Waals surface area contributed by atoms with Crippen molar-refractivity contribution in [1.82, 2.24) is 9.38 Å². The molecule has 0 amide bonds. The first-order chi connectivity index (χ1) is 10.8. The zero-order valence-electron chi connectivity index (χ0n) is 13.4. The second-order valence-corrected chi connectivity index (χ2v) is 7.07. The highest BCUT2D eigenvalue weighted by atomic mass is 35.5. The fourth-order valence-corrected chi connectivity index (χ4v) is 3.66. The molecule has 1 unspecified atom stereocenters. The summed E-state index contributed by atoms with van der Waals surface area (Å²) < 4.78 is 7.16.